The normalized spacial score (nSPS) is 8.35. The lowest BCUT2D eigenvalue weighted by Gasteiger charge is -2.23. The monoisotopic (exact) mass is 238 g/mol. The highest BCUT2D eigenvalue weighted by Gasteiger charge is 2.01. The second-order valence-electron chi connectivity index (χ2n) is 3.32. The van der Waals surface area contributed by atoms with E-state index in [1.165, 1.54) is 25.6 Å². The Bertz CT molecular complexity index is 216. The predicted molar refractivity (Wildman–Crippen MR) is 80.7 cm³/mol. The van der Waals surface area contributed by atoms with E-state index in [4.69, 9.17) is 0 Å². The van der Waals surface area contributed by atoms with Gasteiger partial charge in [-0.05, 0) is 32.0 Å². The van der Waals surface area contributed by atoms with Gasteiger partial charge in [-0.2, -0.15) is 0 Å². The SMILES string of the molecule is CC.CCCN(CCC)c1ccccc1.CN. The predicted octanol–water partition coefficient (Wildman–Crippen LogP) is 3.91. The molecule has 1 aromatic rings. The second-order valence-corrected chi connectivity index (χ2v) is 3.32. The van der Waals surface area contributed by atoms with E-state index in [-0.39, 0.29) is 0 Å². The van der Waals surface area contributed by atoms with Crippen molar-refractivity contribution in [1.82, 2.24) is 0 Å². The summed E-state index contributed by atoms with van der Waals surface area (Å²) in [7, 11) is 1.50. The molecule has 0 aliphatic carbocycles. The average molecular weight is 238 g/mol. The van der Waals surface area contributed by atoms with Crippen LogP contribution in [0.2, 0.25) is 0 Å². The van der Waals surface area contributed by atoms with Gasteiger partial charge in [0.05, 0.1) is 0 Å². The molecular formula is C15H30N2. The number of hydrogen-bond donors (Lipinski definition) is 1. The fraction of sp³-hybridized carbons (Fsp3) is 0.600. The molecule has 0 atom stereocenters. The highest BCUT2D eigenvalue weighted by Crippen LogP contribution is 2.13. The third-order valence-corrected chi connectivity index (χ3v) is 2.11. The van der Waals surface area contributed by atoms with Crippen LogP contribution >= 0.6 is 0 Å². The molecular weight excluding hydrogens is 208 g/mol. The van der Waals surface area contributed by atoms with Crippen molar-refractivity contribution in [3.63, 3.8) is 0 Å². The number of para-hydroxylation sites is 1. The average Bonchev–Trinajstić information content (AvgIpc) is 2.44. The minimum absolute atomic E-state index is 1.16. The molecule has 0 aromatic heterocycles. The molecule has 0 radical (unpaired) electrons. The van der Waals surface area contributed by atoms with E-state index in [0.717, 1.165) is 13.1 Å². The molecule has 0 aliphatic heterocycles. The molecule has 0 aliphatic rings. The molecule has 17 heavy (non-hydrogen) atoms. The summed E-state index contributed by atoms with van der Waals surface area (Å²) in [6.45, 7) is 10.8. The summed E-state index contributed by atoms with van der Waals surface area (Å²) in [5.41, 5.74) is 5.85. The first-order valence-corrected chi connectivity index (χ1v) is 6.76. The van der Waals surface area contributed by atoms with E-state index in [1.807, 2.05) is 13.8 Å². The summed E-state index contributed by atoms with van der Waals surface area (Å²) in [6, 6.07) is 10.7. The molecule has 0 fully saturated rings. The van der Waals surface area contributed by atoms with Crippen molar-refractivity contribution in [3.8, 4) is 0 Å². The minimum atomic E-state index is 1.16. The Morgan fingerprint density at radius 3 is 1.65 bits per heavy atom. The summed E-state index contributed by atoms with van der Waals surface area (Å²) < 4.78 is 0. The van der Waals surface area contributed by atoms with E-state index in [0.29, 0.717) is 0 Å². The lowest BCUT2D eigenvalue weighted by atomic mass is 10.2. The summed E-state index contributed by atoms with van der Waals surface area (Å²) in [5.74, 6) is 0. The van der Waals surface area contributed by atoms with Crippen LogP contribution in [-0.2, 0) is 0 Å². The zero-order valence-electron chi connectivity index (χ0n) is 12.2. The molecule has 2 heteroatoms. The Balaban J connectivity index is 0. The first-order valence-electron chi connectivity index (χ1n) is 6.76. The zero-order valence-corrected chi connectivity index (χ0v) is 12.2. The molecule has 1 rings (SSSR count). The van der Waals surface area contributed by atoms with Crippen molar-refractivity contribution in [2.75, 3.05) is 25.0 Å². The number of hydrogen-bond acceptors (Lipinski definition) is 2. The van der Waals surface area contributed by atoms with Crippen LogP contribution in [0.3, 0.4) is 0 Å². The Kier molecular flexibility index (Phi) is 16.2. The fourth-order valence-electron chi connectivity index (χ4n) is 1.55. The van der Waals surface area contributed by atoms with Gasteiger partial charge >= 0.3 is 0 Å². The number of rotatable bonds is 5. The molecule has 100 valence electrons. The van der Waals surface area contributed by atoms with Gasteiger partial charge in [-0.25, -0.2) is 0 Å². The maximum Gasteiger partial charge on any atom is 0.0366 e. The van der Waals surface area contributed by atoms with Crippen LogP contribution in [0, 0.1) is 0 Å². The van der Waals surface area contributed by atoms with Gasteiger partial charge in [-0.3, -0.25) is 0 Å². The molecule has 0 bridgehead atoms. The van der Waals surface area contributed by atoms with Crippen LogP contribution in [-0.4, -0.2) is 20.1 Å². The molecule has 2 N–H and O–H groups in total. The van der Waals surface area contributed by atoms with Crippen LogP contribution in [0.15, 0.2) is 30.3 Å². The Morgan fingerprint density at radius 1 is 0.882 bits per heavy atom. The first kappa shape index (κ1) is 18.3. The third-order valence-electron chi connectivity index (χ3n) is 2.11. The van der Waals surface area contributed by atoms with E-state index in [2.05, 4.69) is 54.8 Å². The topological polar surface area (TPSA) is 29.3 Å². The number of nitrogens with two attached hydrogens (primary N) is 1. The maximum atomic E-state index is 4.50. The summed E-state index contributed by atoms with van der Waals surface area (Å²) in [4.78, 5) is 2.44. The second kappa shape index (κ2) is 15.0. The third kappa shape index (κ3) is 8.75. The van der Waals surface area contributed by atoms with Gasteiger partial charge in [0.2, 0.25) is 0 Å². The Morgan fingerprint density at radius 2 is 1.29 bits per heavy atom. The minimum Gasteiger partial charge on any atom is -0.372 e. The van der Waals surface area contributed by atoms with Gasteiger partial charge in [0.25, 0.3) is 0 Å². The van der Waals surface area contributed by atoms with Crippen molar-refractivity contribution < 1.29 is 0 Å². The maximum absolute atomic E-state index is 4.50. The number of anilines is 1. The fourth-order valence-corrected chi connectivity index (χ4v) is 1.55. The summed E-state index contributed by atoms with van der Waals surface area (Å²) in [5, 5.41) is 0. The van der Waals surface area contributed by atoms with Crippen molar-refractivity contribution in [1.29, 1.82) is 0 Å². The molecule has 0 saturated heterocycles. The van der Waals surface area contributed by atoms with Crippen LogP contribution in [0.1, 0.15) is 40.5 Å². The van der Waals surface area contributed by atoms with Gasteiger partial charge in [-0.15, -0.1) is 0 Å². The molecule has 2 nitrogen and oxygen atoms in total. The van der Waals surface area contributed by atoms with Crippen molar-refractivity contribution in [3.05, 3.63) is 30.3 Å². The standard InChI is InChI=1S/C12H19N.C2H6.CH5N/c1-3-10-13(11-4-2)12-8-6-5-7-9-12;2*1-2/h5-9H,3-4,10-11H2,1-2H3;1-2H3;2H2,1H3. The summed E-state index contributed by atoms with van der Waals surface area (Å²) in [6.07, 6.45) is 2.43. The lowest BCUT2D eigenvalue weighted by Crippen LogP contribution is -2.24. The van der Waals surface area contributed by atoms with Gasteiger partial charge in [0.1, 0.15) is 0 Å². The van der Waals surface area contributed by atoms with Gasteiger partial charge in [-0.1, -0.05) is 45.9 Å². The van der Waals surface area contributed by atoms with Crippen LogP contribution in [0.25, 0.3) is 0 Å². The van der Waals surface area contributed by atoms with Gasteiger partial charge in [0.15, 0.2) is 0 Å². The van der Waals surface area contributed by atoms with E-state index in [9.17, 15) is 0 Å². The van der Waals surface area contributed by atoms with Crippen LogP contribution in [0.4, 0.5) is 5.69 Å². The lowest BCUT2D eigenvalue weighted by molar-refractivity contribution is 0.745. The summed E-state index contributed by atoms with van der Waals surface area (Å²) >= 11 is 0. The Hall–Kier alpha value is -1.02. The van der Waals surface area contributed by atoms with E-state index < -0.39 is 0 Å². The molecule has 0 unspecified atom stereocenters. The molecule has 1 aromatic carbocycles. The Labute approximate surface area is 108 Å². The largest absolute Gasteiger partial charge is 0.372 e. The number of benzene rings is 1. The van der Waals surface area contributed by atoms with Gasteiger partial charge < -0.3 is 10.6 Å². The van der Waals surface area contributed by atoms with Crippen molar-refractivity contribution in [2.45, 2.75) is 40.5 Å². The van der Waals surface area contributed by atoms with Crippen LogP contribution < -0.4 is 10.6 Å². The molecule has 0 amide bonds. The number of nitrogens with zero attached hydrogens (tertiary/aromatic N) is 1. The van der Waals surface area contributed by atoms with E-state index >= 15 is 0 Å². The van der Waals surface area contributed by atoms with Gasteiger partial charge in [0, 0.05) is 18.8 Å². The van der Waals surface area contributed by atoms with E-state index in [1.54, 1.807) is 0 Å². The zero-order chi connectivity index (χ0) is 13.5. The first-order chi connectivity index (χ1) is 8.38. The van der Waals surface area contributed by atoms with Crippen LogP contribution in [0.5, 0.6) is 0 Å². The van der Waals surface area contributed by atoms with Crippen molar-refractivity contribution >= 4 is 5.69 Å². The van der Waals surface area contributed by atoms with Crippen molar-refractivity contribution in [2.24, 2.45) is 5.73 Å². The molecule has 0 spiro atoms. The highest BCUT2D eigenvalue weighted by atomic mass is 15.1. The highest BCUT2D eigenvalue weighted by molar-refractivity contribution is 5.45. The molecule has 0 saturated carbocycles. The quantitative estimate of drug-likeness (QED) is 0.842. The smallest absolute Gasteiger partial charge is 0.0366 e. The molecule has 0 heterocycles.